The number of hydrogen-bond acceptors (Lipinski definition) is 5. The fraction of sp³-hybridized carbons (Fsp3) is 0.750. The van der Waals surface area contributed by atoms with Crippen LogP contribution in [0.25, 0.3) is 0 Å². The lowest BCUT2D eigenvalue weighted by atomic mass is 9.91. The molecule has 2 heterocycles. The van der Waals surface area contributed by atoms with Crippen molar-refractivity contribution in [2.24, 2.45) is 5.92 Å². The van der Waals surface area contributed by atoms with Gasteiger partial charge in [-0.25, -0.2) is 0 Å². The van der Waals surface area contributed by atoms with E-state index in [2.05, 4.69) is 15.4 Å². The SMILES string of the molecule is CC(C)C(=O)NC1CCc2onc(CN3CC[C@@H](O)C3)c2C1. The Morgan fingerprint density at radius 2 is 2.32 bits per heavy atom. The highest BCUT2D eigenvalue weighted by atomic mass is 16.5. The van der Waals surface area contributed by atoms with Gasteiger partial charge in [-0.05, 0) is 19.3 Å². The Morgan fingerprint density at radius 1 is 1.50 bits per heavy atom. The summed E-state index contributed by atoms with van der Waals surface area (Å²) in [5.74, 6) is 1.08. The first-order valence-corrected chi connectivity index (χ1v) is 8.20. The molecule has 0 bridgehead atoms. The normalized spacial score (nSPS) is 25.5. The van der Waals surface area contributed by atoms with Gasteiger partial charge in [0.05, 0.1) is 6.10 Å². The Balaban J connectivity index is 1.65. The third-order valence-electron chi connectivity index (χ3n) is 4.61. The number of carbonyl (C=O) groups is 1. The standard InChI is InChI=1S/C16H25N3O3/c1-10(2)16(21)17-11-3-4-15-13(7-11)14(18-22-15)9-19-6-5-12(20)8-19/h10-12,20H,3-9H2,1-2H3,(H,17,21)/t11?,12-/m1/s1. The number of rotatable bonds is 4. The molecule has 0 aromatic carbocycles. The van der Waals surface area contributed by atoms with Crippen LogP contribution in [0.5, 0.6) is 0 Å². The van der Waals surface area contributed by atoms with Crippen molar-refractivity contribution in [3.8, 4) is 0 Å². The molecule has 1 aromatic rings. The zero-order valence-corrected chi connectivity index (χ0v) is 13.3. The average molecular weight is 307 g/mol. The van der Waals surface area contributed by atoms with Crippen LogP contribution in [0.2, 0.25) is 0 Å². The lowest BCUT2D eigenvalue weighted by Gasteiger charge is -2.24. The molecule has 0 radical (unpaired) electrons. The summed E-state index contributed by atoms with van der Waals surface area (Å²) in [6.07, 6.45) is 3.13. The predicted molar refractivity (Wildman–Crippen MR) is 81.2 cm³/mol. The number of carbonyl (C=O) groups excluding carboxylic acids is 1. The van der Waals surface area contributed by atoms with Crippen molar-refractivity contribution in [2.75, 3.05) is 13.1 Å². The van der Waals surface area contributed by atoms with Gasteiger partial charge in [0.1, 0.15) is 11.5 Å². The summed E-state index contributed by atoms with van der Waals surface area (Å²) in [5.41, 5.74) is 2.12. The van der Waals surface area contributed by atoms with Crippen LogP contribution in [0, 0.1) is 5.92 Å². The smallest absolute Gasteiger partial charge is 0.222 e. The maximum absolute atomic E-state index is 11.9. The van der Waals surface area contributed by atoms with Gasteiger partial charge in [-0.2, -0.15) is 0 Å². The number of aliphatic hydroxyl groups excluding tert-OH is 1. The molecule has 6 heteroatoms. The fourth-order valence-electron chi connectivity index (χ4n) is 3.25. The van der Waals surface area contributed by atoms with Gasteiger partial charge >= 0.3 is 0 Å². The van der Waals surface area contributed by atoms with E-state index in [0.29, 0.717) is 6.54 Å². The van der Waals surface area contributed by atoms with Crippen LogP contribution >= 0.6 is 0 Å². The minimum atomic E-state index is -0.221. The minimum absolute atomic E-state index is 0.00873. The van der Waals surface area contributed by atoms with E-state index >= 15 is 0 Å². The average Bonchev–Trinajstić information content (AvgIpc) is 3.06. The largest absolute Gasteiger partial charge is 0.392 e. The van der Waals surface area contributed by atoms with Crippen LogP contribution in [-0.4, -0.2) is 46.3 Å². The molecule has 1 unspecified atom stereocenters. The molecule has 122 valence electrons. The van der Waals surface area contributed by atoms with Gasteiger partial charge in [-0.3, -0.25) is 9.69 Å². The van der Waals surface area contributed by atoms with Crippen molar-refractivity contribution in [3.05, 3.63) is 17.0 Å². The summed E-state index contributed by atoms with van der Waals surface area (Å²) >= 11 is 0. The number of nitrogens with zero attached hydrogens (tertiary/aromatic N) is 2. The molecule has 2 aliphatic rings. The molecular formula is C16H25N3O3. The monoisotopic (exact) mass is 307 g/mol. The second-order valence-corrected chi connectivity index (χ2v) is 6.81. The number of fused-ring (bicyclic) bond motifs is 1. The van der Waals surface area contributed by atoms with E-state index in [1.165, 1.54) is 0 Å². The number of aryl methyl sites for hydroxylation is 1. The molecule has 3 rings (SSSR count). The van der Waals surface area contributed by atoms with Gasteiger partial charge in [0.15, 0.2) is 0 Å². The Morgan fingerprint density at radius 3 is 3.00 bits per heavy atom. The molecule has 1 fully saturated rings. The Kier molecular flexibility index (Phi) is 4.49. The third-order valence-corrected chi connectivity index (χ3v) is 4.61. The number of aromatic nitrogens is 1. The number of likely N-dealkylation sites (tertiary alicyclic amines) is 1. The van der Waals surface area contributed by atoms with Gasteiger partial charge in [-0.15, -0.1) is 0 Å². The number of amides is 1. The van der Waals surface area contributed by atoms with Crippen molar-refractivity contribution >= 4 is 5.91 Å². The molecule has 0 spiro atoms. The van der Waals surface area contributed by atoms with Crippen molar-refractivity contribution < 1.29 is 14.4 Å². The molecule has 1 aromatic heterocycles. The Labute approximate surface area is 130 Å². The van der Waals surface area contributed by atoms with Crippen molar-refractivity contribution in [1.29, 1.82) is 0 Å². The highest BCUT2D eigenvalue weighted by molar-refractivity contribution is 5.78. The van der Waals surface area contributed by atoms with Crippen LogP contribution in [0.15, 0.2) is 4.52 Å². The Bertz CT molecular complexity index is 541. The van der Waals surface area contributed by atoms with Crippen LogP contribution in [0.3, 0.4) is 0 Å². The highest BCUT2D eigenvalue weighted by Gasteiger charge is 2.29. The molecule has 22 heavy (non-hydrogen) atoms. The molecule has 6 nitrogen and oxygen atoms in total. The molecular weight excluding hydrogens is 282 g/mol. The quantitative estimate of drug-likeness (QED) is 0.863. The van der Waals surface area contributed by atoms with Crippen LogP contribution in [0.1, 0.15) is 43.7 Å². The molecule has 1 aliphatic heterocycles. The van der Waals surface area contributed by atoms with E-state index in [-0.39, 0.29) is 24.0 Å². The van der Waals surface area contributed by atoms with Gasteiger partial charge in [0.25, 0.3) is 0 Å². The highest BCUT2D eigenvalue weighted by Crippen LogP contribution is 2.26. The molecule has 1 saturated heterocycles. The van der Waals surface area contributed by atoms with E-state index in [0.717, 1.165) is 55.8 Å². The number of nitrogens with one attached hydrogen (secondary N) is 1. The Hall–Kier alpha value is -1.40. The van der Waals surface area contributed by atoms with Crippen LogP contribution in [0.4, 0.5) is 0 Å². The van der Waals surface area contributed by atoms with Gasteiger partial charge in [-0.1, -0.05) is 19.0 Å². The summed E-state index contributed by atoms with van der Waals surface area (Å²) in [6, 6.07) is 0.171. The first kappa shape index (κ1) is 15.5. The number of hydrogen-bond donors (Lipinski definition) is 2. The maximum Gasteiger partial charge on any atom is 0.222 e. The summed E-state index contributed by atoms with van der Waals surface area (Å²) in [6.45, 7) is 6.15. The second kappa shape index (κ2) is 6.38. The van der Waals surface area contributed by atoms with Crippen LogP contribution < -0.4 is 5.32 Å². The lowest BCUT2D eigenvalue weighted by Crippen LogP contribution is -2.40. The van der Waals surface area contributed by atoms with Crippen molar-refractivity contribution in [3.63, 3.8) is 0 Å². The molecule has 1 amide bonds. The summed E-state index contributed by atoms with van der Waals surface area (Å²) in [5, 5.41) is 17.0. The number of aliphatic hydroxyl groups is 1. The number of β-amino-alcohol motifs (C(OH)–C–C–N with tert-alkyl or cyclic N) is 1. The fourth-order valence-corrected chi connectivity index (χ4v) is 3.25. The first-order chi connectivity index (χ1) is 10.5. The van der Waals surface area contributed by atoms with E-state index < -0.39 is 0 Å². The predicted octanol–water partition coefficient (Wildman–Crippen LogP) is 0.871. The molecule has 1 aliphatic carbocycles. The summed E-state index contributed by atoms with van der Waals surface area (Å²) < 4.78 is 5.47. The topological polar surface area (TPSA) is 78.6 Å². The summed E-state index contributed by atoms with van der Waals surface area (Å²) in [4.78, 5) is 14.1. The van der Waals surface area contributed by atoms with E-state index in [1.54, 1.807) is 0 Å². The van der Waals surface area contributed by atoms with Crippen LogP contribution in [-0.2, 0) is 24.2 Å². The zero-order chi connectivity index (χ0) is 15.7. The van der Waals surface area contributed by atoms with Gasteiger partial charge in [0.2, 0.25) is 5.91 Å². The van der Waals surface area contributed by atoms with E-state index in [4.69, 9.17) is 4.52 Å². The third kappa shape index (κ3) is 3.33. The van der Waals surface area contributed by atoms with E-state index in [9.17, 15) is 9.90 Å². The minimum Gasteiger partial charge on any atom is -0.392 e. The van der Waals surface area contributed by atoms with Crippen molar-refractivity contribution in [1.82, 2.24) is 15.4 Å². The second-order valence-electron chi connectivity index (χ2n) is 6.81. The van der Waals surface area contributed by atoms with Crippen molar-refractivity contribution in [2.45, 2.75) is 58.2 Å². The molecule has 2 atom stereocenters. The zero-order valence-electron chi connectivity index (χ0n) is 13.3. The maximum atomic E-state index is 11.9. The molecule has 0 saturated carbocycles. The summed E-state index contributed by atoms with van der Waals surface area (Å²) in [7, 11) is 0. The van der Waals surface area contributed by atoms with Gasteiger partial charge in [0, 0.05) is 43.6 Å². The lowest BCUT2D eigenvalue weighted by molar-refractivity contribution is -0.124. The van der Waals surface area contributed by atoms with Gasteiger partial charge < -0.3 is 14.9 Å². The molecule has 2 N–H and O–H groups in total. The first-order valence-electron chi connectivity index (χ1n) is 8.20. The van der Waals surface area contributed by atoms with E-state index in [1.807, 2.05) is 13.8 Å².